The standard InChI is InChI=1S/C20H23N3O3S2/c1-15-12-16-6-2-3-7-18(16)23(15)20(24)14-27-19-9-8-17(13-21-19)28(25,26)22-10-4-5-11-22/h2-3,6-9,13,15H,4-5,10-12,14H2,1H3/t15-/m1/s1. The summed E-state index contributed by atoms with van der Waals surface area (Å²) in [5.41, 5.74) is 2.18. The Bertz CT molecular complexity index is 970. The molecule has 2 aromatic rings. The smallest absolute Gasteiger partial charge is 0.244 e. The van der Waals surface area contributed by atoms with Gasteiger partial charge in [-0.2, -0.15) is 4.31 Å². The Morgan fingerprint density at radius 1 is 1.18 bits per heavy atom. The van der Waals surface area contributed by atoms with Crippen LogP contribution < -0.4 is 4.90 Å². The Hall–Kier alpha value is -1.90. The second-order valence-electron chi connectivity index (χ2n) is 7.18. The first-order chi connectivity index (χ1) is 13.5. The molecule has 6 nitrogen and oxygen atoms in total. The van der Waals surface area contributed by atoms with E-state index < -0.39 is 10.0 Å². The summed E-state index contributed by atoms with van der Waals surface area (Å²) in [4.78, 5) is 19.1. The van der Waals surface area contributed by atoms with Gasteiger partial charge >= 0.3 is 0 Å². The van der Waals surface area contributed by atoms with Gasteiger partial charge in [-0.15, -0.1) is 0 Å². The van der Waals surface area contributed by atoms with Crippen LogP contribution in [0.3, 0.4) is 0 Å². The van der Waals surface area contributed by atoms with Crippen LogP contribution in [-0.2, 0) is 21.2 Å². The Balaban J connectivity index is 1.41. The van der Waals surface area contributed by atoms with Crippen molar-refractivity contribution in [1.29, 1.82) is 0 Å². The van der Waals surface area contributed by atoms with Gasteiger partial charge in [0.15, 0.2) is 0 Å². The number of thioether (sulfide) groups is 1. The zero-order valence-corrected chi connectivity index (χ0v) is 17.4. The molecule has 0 spiro atoms. The maximum atomic E-state index is 12.8. The van der Waals surface area contributed by atoms with Crippen LogP contribution in [0.5, 0.6) is 0 Å². The second-order valence-corrected chi connectivity index (χ2v) is 10.1. The predicted octanol–water partition coefficient (Wildman–Crippen LogP) is 2.94. The van der Waals surface area contributed by atoms with E-state index in [2.05, 4.69) is 18.0 Å². The van der Waals surface area contributed by atoms with Gasteiger partial charge in [-0.05, 0) is 49.9 Å². The highest BCUT2D eigenvalue weighted by Gasteiger charge is 2.30. The molecular formula is C20H23N3O3S2. The lowest BCUT2D eigenvalue weighted by Gasteiger charge is -2.22. The summed E-state index contributed by atoms with van der Waals surface area (Å²) >= 11 is 1.33. The highest BCUT2D eigenvalue weighted by Crippen LogP contribution is 2.32. The van der Waals surface area contributed by atoms with E-state index in [-0.39, 0.29) is 22.6 Å². The molecule has 0 unspecified atom stereocenters. The molecule has 0 aliphatic carbocycles. The van der Waals surface area contributed by atoms with Crippen LogP contribution in [0, 0.1) is 0 Å². The van der Waals surface area contributed by atoms with Crippen LogP contribution in [-0.4, -0.2) is 48.5 Å². The third kappa shape index (κ3) is 3.68. The molecule has 0 N–H and O–H groups in total. The van der Waals surface area contributed by atoms with E-state index in [1.807, 2.05) is 23.1 Å². The van der Waals surface area contributed by atoms with Gasteiger partial charge < -0.3 is 4.90 Å². The average Bonchev–Trinajstić information content (AvgIpc) is 3.34. The number of hydrogen-bond acceptors (Lipinski definition) is 5. The molecule has 148 valence electrons. The number of rotatable bonds is 5. The Kier molecular flexibility index (Phi) is 5.44. The minimum atomic E-state index is -3.45. The van der Waals surface area contributed by atoms with Crippen LogP contribution in [0.4, 0.5) is 5.69 Å². The molecule has 1 atom stereocenters. The second kappa shape index (κ2) is 7.85. The number of fused-ring (bicyclic) bond motifs is 1. The van der Waals surface area contributed by atoms with Gasteiger partial charge in [0.25, 0.3) is 0 Å². The molecule has 8 heteroatoms. The van der Waals surface area contributed by atoms with Crippen molar-refractivity contribution in [2.24, 2.45) is 0 Å². The van der Waals surface area contributed by atoms with Crippen LogP contribution in [0.2, 0.25) is 0 Å². The number of nitrogens with zero attached hydrogens (tertiary/aromatic N) is 3. The zero-order valence-electron chi connectivity index (χ0n) is 15.7. The van der Waals surface area contributed by atoms with Crippen molar-refractivity contribution in [2.75, 3.05) is 23.7 Å². The minimum absolute atomic E-state index is 0.0398. The molecule has 1 aromatic heterocycles. The first-order valence-electron chi connectivity index (χ1n) is 9.46. The van der Waals surface area contributed by atoms with Gasteiger partial charge in [0.05, 0.1) is 10.8 Å². The van der Waals surface area contributed by atoms with Gasteiger partial charge in [0.2, 0.25) is 15.9 Å². The van der Waals surface area contributed by atoms with Gasteiger partial charge in [0.1, 0.15) is 4.90 Å². The molecule has 0 saturated carbocycles. The molecule has 0 bridgehead atoms. The van der Waals surface area contributed by atoms with E-state index in [9.17, 15) is 13.2 Å². The van der Waals surface area contributed by atoms with E-state index in [4.69, 9.17) is 0 Å². The fraction of sp³-hybridized carbons (Fsp3) is 0.400. The van der Waals surface area contributed by atoms with E-state index in [0.717, 1.165) is 24.9 Å². The minimum Gasteiger partial charge on any atom is -0.308 e. The maximum absolute atomic E-state index is 12.8. The molecule has 28 heavy (non-hydrogen) atoms. The number of benzene rings is 1. The number of pyridine rings is 1. The van der Waals surface area contributed by atoms with Crippen molar-refractivity contribution < 1.29 is 13.2 Å². The quantitative estimate of drug-likeness (QED) is 0.700. The lowest BCUT2D eigenvalue weighted by atomic mass is 10.1. The number of hydrogen-bond donors (Lipinski definition) is 0. The SMILES string of the molecule is C[C@@H]1Cc2ccccc2N1C(=O)CSc1ccc(S(=O)(=O)N2CCCC2)cn1. The van der Waals surface area contributed by atoms with Crippen molar-refractivity contribution >= 4 is 33.4 Å². The number of carbonyl (C=O) groups excluding carboxylic acids is 1. The number of sulfonamides is 1. The molecule has 1 fully saturated rings. The first kappa shape index (κ1) is 19.4. The fourth-order valence-corrected chi connectivity index (χ4v) is 6.00. The lowest BCUT2D eigenvalue weighted by molar-refractivity contribution is -0.116. The van der Waals surface area contributed by atoms with Crippen molar-refractivity contribution in [3.05, 3.63) is 48.2 Å². The van der Waals surface area contributed by atoms with E-state index in [1.165, 1.54) is 27.8 Å². The first-order valence-corrected chi connectivity index (χ1v) is 11.9. The molecule has 2 aliphatic heterocycles. The van der Waals surface area contributed by atoms with Crippen molar-refractivity contribution in [2.45, 2.75) is 42.1 Å². The van der Waals surface area contributed by atoms with Gasteiger partial charge in [0, 0.05) is 31.0 Å². The van der Waals surface area contributed by atoms with Crippen molar-refractivity contribution in [1.82, 2.24) is 9.29 Å². The summed E-state index contributed by atoms with van der Waals surface area (Å²) in [6, 6.07) is 11.4. The molecule has 2 aliphatic rings. The number of amides is 1. The molecule has 1 aromatic carbocycles. The fourth-order valence-electron chi connectivity index (χ4n) is 3.83. The summed E-state index contributed by atoms with van der Waals surface area (Å²) in [6.45, 7) is 3.20. The molecule has 4 rings (SSSR count). The molecular weight excluding hydrogens is 394 g/mol. The van der Waals surface area contributed by atoms with Crippen LogP contribution >= 0.6 is 11.8 Å². The number of carbonyl (C=O) groups is 1. The highest BCUT2D eigenvalue weighted by molar-refractivity contribution is 7.99. The van der Waals surface area contributed by atoms with Gasteiger partial charge in [-0.1, -0.05) is 30.0 Å². The molecule has 1 saturated heterocycles. The maximum Gasteiger partial charge on any atom is 0.244 e. The van der Waals surface area contributed by atoms with E-state index in [0.29, 0.717) is 18.1 Å². The predicted molar refractivity (Wildman–Crippen MR) is 110 cm³/mol. The topological polar surface area (TPSA) is 70.6 Å². The van der Waals surface area contributed by atoms with Gasteiger partial charge in [-0.3, -0.25) is 4.79 Å². The van der Waals surface area contributed by atoms with Crippen LogP contribution in [0.15, 0.2) is 52.5 Å². The normalized spacial score (nSPS) is 19.8. The number of anilines is 1. The third-order valence-corrected chi connectivity index (χ3v) is 8.04. The lowest BCUT2D eigenvalue weighted by Crippen LogP contribution is -2.36. The summed E-state index contributed by atoms with van der Waals surface area (Å²) in [6.07, 6.45) is 4.07. The monoisotopic (exact) mass is 417 g/mol. The Morgan fingerprint density at radius 2 is 1.93 bits per heavy atom. The van der Waals surface area contributed by atoms with Crippen molar-refractivity contribution in [3.8, 4) is 0 Å². The largest absolute Gasteiger partial charge is 0.308 e. The third-order valence-electron chi connectivity index (χ3n) is 5.23. The van der Waals surface area contributed by atoms with E-state index in [1.54, 1.807) is 12.1 Å². The number of para-hydroxylation sites is 1. The number of aromatic nitrogens is 1. The average molecular weight is 418 g/mol. The highest BCUT2D eigenvalue weighted by atomic mass is 32.2. The zero-order chi connectivity index (χ0) is 19.7. The summed E-state index contributed by atoms with van der Waals surface area (Å²) in [7, 11) is -3.45. The summed E-state index contributed by atoms with van der Waals surface area (Å²) in [5.74, 6) is 0.308. The summed E-state index contributed by atoms with van der Waals surface area (Å²) in [5, 5.41) is 0.647. The van der Waals surface area contributed by atoms with Crippen molar-refractivity contribution in [3.63, 3.8) is 0 Å². The van der Waals surface area contributed by atoms with Crippen LogP contribution in [0.25, 0.3) is 0 Å². The van der Waals surface area contributed by atoms with E-state index >= 15 is 0 Å². The van der Waals surface area contributed by atoms with Crippen LogP contribution in [0.1, 0.15) is 25.3 Å². The Labute approximate surface area is 170 Å². The molecule has 0 radical (unpaired) electrons. The molecule has 3 heterocycles. The molecule has 1 amide bonds. The summed E-state index contributed by atoms with van der Waals surface area (Å²) < 4.78 is 26.6. The van der Waals surface area contributed by atoms with Gasteiger partial charge in [-0.25, -0.2) is 13.4 Å². The Morgan fingerprint density at radius 3 is 2.64 bits per heavy atom.